The van der Waals surface area contributed by atoms with Gasteiger partial charge in [-0.25, -0.2) is 0 Å². The van der Waals surface area contributed by atoms with Crippen LogP contribution in [0.15, 0.2) is 0 Å². The van der Waals surface area contributed by atoms with E-state index in [1.165, 1.54) is 0 Å². The second-order valence-electron chi connectivity index (χ2n) is 4.41. The molecule has 1 rings (SSSR count). The van der Waals surface area contributed by atoms with Crippen molar-refractivity contribution in [3.63, 3.8) is 0 Å². The predicted octanol–water partition coefficient (Wildman–Crippen LogP) is 1.00. The third kappa shape index (κ3) is 5.44. The standard InChI is InChI=1S/C8H24O5Si4/c1-7-8(2)9-17(6)12-15(4)10-14(3)11-16(5)13-17/h8,14-16H,7H2,1-6H3. The molecule has 0 aliphatic carbocycles. The molecule has 0 aromatic rings. The molecular formula is C8H24O5Si4. The van der Waals surface area contributed by atoms with Gasteiger partial charge in [0.05, 0.1) is 0 Å². The molecule has 102 valence electrons. The van der Waals surface area contributed by atoms with Gasteiger partial charge >= 0.3 is 27.4 Å². The van der Waals surface area contributed by atoms with Crippen molar-refractivity contribution in [2.24, 2.45) is 0 Å². The monoisotopic (exact) mass is 312 g/mol. The molecule has 1 aliphatic heterocycles. The summed E-state index contributed by atoms with van der Waals surface area (Å²) >= 11 is 0. The molecule has 5 nitrogen and oxygen atoms in total. The second kappa shape index (κ2) is 6.72. The summed E-state index contributed by atoms with van der Waals surface area (Å²) in [6.45, 7) is 12.1. The molecule has 0 amide bonds. The zero-order chi connectivity index (χ0) is 13.1. The lowest BCUT2D eigenvalue weighted by molar-refractivity contribution is 0.0991. The van der Waals surface area contributed by atoms with E-state index in [2.05, 4.69) is 6.92 Å². The first-order chi connectivity index (χ1) is 7.84. The Labute approximate surface area is 110 Å². The molecule has 3 atom stereocenters. The average molecular weight is 313 g/mol. The van der Waals surface area contributed by atoms with Gasteiger partial charge in [-0.05, 0) is 33.0 Å². The maximum absolute atomic E-state index is 5.99. The Morgan fingerprint density at radius 2 is 1.53 bits per heavy atom. The van der Waals surface area contributed by atoms with Gasteiger partial charge in [-0.3, -0.25) is 0 Å². The molecule has 0 radical (unpaired) electrons. The Kier molecular flexibility index (Phi) is 6.22. The van der Waals surface area contributed by atoms with Crippen molar-refractivity contribution in [1.82, 2.24) is 0 Å². The quantitative estimate of drug-likeness (QED) is 0.728. The van der Waals surface area contributed by atoms with Crippen molar-refractivity contribution in [3.8, 4) is 0 Å². The van der Waals surface area contributed by atoms with E-state index >= 15 is 0 Å². The summed E-state index contributed by atoms with van der Waals surface area (Å²) < 4.78 is 29.6. The van der Waals surface area contributed by atoms with Gasteiger partial charge < -0.3 is 20.9 Å². The lowest BCUT2D eigenvalue weighted by Crippen LogP contribution is -2.55. The molecule has 0 spiro atoms. The maximum Gasteiger partial charge on any atom is 0.479 e. The molecule has 0 aromatic heterocycles. The minimum Gasteiger partial charge on any atom is -0.420 e. The van der Waals surface area contributed by atoms with Crippen molar-refractivity contribution in [3.05, 3.63) is 0 Å². The highest BCUT2D eigenvalue weighted by molar-refractivity contribution is 6.77. The van der Waals surface area contributed by atoms with Gasteiger partial charge in [0, 0.05) is 12.7 Å². The summed E-state index contributed by atoms with van der Waals surface area (Å²) in [4.78, 5) is 0. The third-order valence-electron chi connectivity index (χ3n) is 2.52. The largest absolute Gasteiger partial charge is 0.479 e. The van der Waals surface area contributed by atoms with Gasteiger partial charge in [0.25, 0.3) is 9.28 Å². The van der Waals surface area contributed by atoms with Crippen LogP contribution in [-0.2, 0) is 20.9 Å². The van der Waals surface area contributed by atoms with Crippen LogP contribution in [-0.4, -0.2) is 42.8 Å². The van der Waals surface area contributed by atoms with Crippen LogP contribution in [0.1, 0.15) is 20.3 Å². The summed E-state index contributed by atoms with van der Waals surface area (Å²) in [5.41, 5.74) is 0. The van der Waals surface area contributed by atoms with E-state index in [1.54, 1.807) is 0 Å². The van der Waals surface area contributed by atoms with E-state index in [1.807, 2.05) is 33.1 Å². The third-order valence-corrected chi connectivity index (χ3v) is 15.6. The highest BCUT2D eigenvalue weighted by atomic mass is 28.5. The minimum atomic E-state index is -2.56. The Hall–Kier alpha value is 0.668. The molecule has 9 heteroatoms. The Bertz CT molecular complexity index is 230. The Morgan fingerprint density at radius 3 is 1.94 bits per heavy atom. The number of rotatable bonds is 3. The molecule has 0 bridgehead atoms. The average Bonchev–Trinajstić information content (AvgIpc) is 2.13. The minimum absolute atomic E-state index is 0.156. The molecule has 0 N–H and O–H groups in total. The molecule has 1 heterocycles. The summed E-state index contributed by atoms with van der Waals surface area (Å²) in [6, 6.07) is 0. The van der Waals surface area contributed by atoms with E-state index in [0.29, 0.717) is 0 Å². The molecule has 0 aromatic carbocycles. The molecule has 3 unspecified atom stereocenters. The van der Waals surface area contributed by atoms with Crippen LogP contribution < -0.4 is 0 Å². The van der Waals surface area contributed by atoms with Crippen LogP contribution in [0.2, 0.25) is 26.2 Å². The van der Waals surface area contributed by atoms with Crippen LogP contribution in [0.4, 0.5) is 0 Å². The van der Waals surface area contributed by atoms with Gasteiger partial charge in [0.1, 0.15) is 0 Å². The van der Waals surface area contributed by atoms with E-state index in [-0.39, 0.29) is 6.10 Å². The van der Waals surface area contributed by atoms with E-state index in [0.717, 1.165) is 6.42 Å². The van der Waals surface area contributed by atoms with Gasteiger partial charge in [-0.15, -0.1) is 0 Å². The zero-order valence-electron chi connectivity index (χ0n) is 11.6. The SMILES string of the molecule is CCC(C)O[Si]1(C)O[SiH](C)O[SiH](C)O[SiH](C)O1. The maximum atomic E-state index is 5.99. The second-order valence-corrected chi connectivity index (χ2v) is 13.8. The molecule has 1 fully saturated rings. The van der Waals surface area contributed by atoms with Crippen molar-refractivity contribution < 1.29 is 20.9 Å². The lowest BCUT2D eigenvalue weighted by Gasteiger charge is -2.37. The van der Waals surface area contributed by atoms with E-state index in [9.17, 15) is 0 Å². The van der Waals surface area contributed by atoms with Crippen molar-refractivity contribution in [1.29, 1.82) is 0 Å². The molecular weight excluding hydrogens is 288 g/mol. The van der Waals surface area contributed by atoms with Crippen LogP contribution in [0.5, 0.6) is 0 Å². The van der Waals surface area contributed by atoms with Gasteiger partial charge in [0.15, 0.2) is 0 Å². The lowest BCUT2D eigenvalue weighted by atomic mass is 10.3. The fourth-order valence-corrected chi connectivity index (χ4v) is 15.2. The van der Waals surface area contributed by atoms with Gasteiger partial charge in [-0.1, -0.05) is 6.92 Å². The van der Waals surface area contributed by atoms with E-state index in [4.69, 9.17) is 20.9 Å². The summed E-state index contributed by atoms with van der Waals surface area (Å²) in [5, 5.41) is 0. The summed E-state index contributed by atoms with van der Waals surface area (Å²) in [6.07, 6.45) is 1.11. The first kappa shape index (κ1) is 15.7. The normalized spacial score (nSPS) is 41.6. The summed E-state index contributed by atoms with van der Waals surface area (Å²) in [5.74, 6) is 0. The van der Waals surface area contributed by atoms with Crippen LogP contribution in [0.25, 0.3) is 0 Å². The topological polar surface area (TPSA) is 46.2 Å². The Balaban J connectivity index is 2.68. The fourth-order valence-electron chi connectivity index (χ4n) is 1.76. The molecule has 1 saturated heterocycles. The highest BCUT2D eigenvalue weighted by Crippen LogP contribution is 2.19. The van der Waals surface area contributed by atoms with Crippen molar-refractivity contribution in [2.75, 3.05) is 0 Å². The molecule has 0 saturated carbocycles. The van der Waals surface area contributed by atoms with Crippen LogP contribution in [0, 0.1) is 0 Å². The number of hydrogen-bond acceptors (Lipinski definition) is 5. The number of hydrogen-bond donors (Lipinski definition) is 0. The highest BCUT2D eigenvalue weighted by Gasteiger charge is 2.43. The Morgan fingerprint density at radius 1 is 1.06 bits per heavy atom. The first-order valence-electron chi connectivity index (χ1n) is 6.19. The first-order valence-corrected chi connectivity index (χ1v) is 14.7. The van der Waals surface area contributed by atoms with Gasteiger partial charge in [-0.2, -0.15) is 0 Å². The van der Waals surface area contributed by atoms with Crippen molar-refractivity contribution >= 4 is 36.7 Å². The predicted molar refractivity (Wildman–Crippen MR) is 75.8 cm³/mol. The fraction of sp³-hybridized carbons (Fsp3) is 1.00. The van der Waals surface area contributed by atoms with Crippen LogP contribution in [0.3, 0.4) is 0 Å². The smallest absolute Gasteiger partial charge is 0.420 e. The molecule has 1 aliphatic rings. The molecule has 17 heavy (non-hydrogen) atoms. The van der Waals surface area contributed by atoms with Gasteiger partial charge in [0.2, 0.25) is 0 Å². The summed E-state index contributed by atoms with van der Waals surface area (Å²) in [7, 11) is -7.46. The van der Waals surface area contributed by atoms with Crippen molar-refractivity contribution in [2.45, 2.75) is 52.6 Å². The zero-order valence-corrected chi connectivity index (χ0v) is 16.0. The van der Waals surface area contributed by atoms with E-state index < -0.39 is 36.7 Å². The van der Waals surface area contributed by atoms with Crippen LogP contribution >= 0.6 is 0 Å².